The first-order chi connectivity index (χ1) is 17.2. The highest BCUT2D eigenvalue weighted by Crippen LogP contribution is 2.22. The third-order valence-electron chi connectivity index (χ3n) is 6.84. The van der Waals surface area contributed by atoms with Gasteiger partial charge in [0.2, 0.25) is 0 Å². The molecule has 2 aliphatic rings. The number of benzene rings is 2. The van der Waals surface area contributed by atoms with E-state index in [0.29, 0.717) is 30.8 Å². The van der Waals surface area contributed by atoms with Gasteiger partial charge in [-0.05, 0) is 60.6 Å². The van der Waals surface area contributed by atoms with Gasteiger partial charge in [-0.25, -0.2) is 4.79 Å². The standard InChI is InChI=1S/C29H38N4O3/c1-29(2,3)19-26(34)23-7-4-6-21(18-23)20-32-14-16-33(17-15-32)27(35)22-10-12-25(13-11-22)31-28(36)30-24-8-5-9-24/h4,6-7,10-13,18,24H,5,8-9,14-17,19-20H2,1-3H3,(H2,30,31,36). The maximum absolute atomic E-state index is 13.0. The molecule has 2 fully saturated rings. The van der Waals surface area contributed by atoms with E-state index in [4.69, 9.17) is 0 Å². The van der Waals surface area contributed by atoms with Crippen molar-refractivity contribution >= 4 is 23.4 Å². The summed E-state index contributed by atoms with van der Waals surface area (Å²) in [6.45, 7) is 9.89. The van der Waals surface area contributed by atoms with Crippen molar-refractivity contribution in [1.29, 1.82) is 0 Å². The van der Waals surface area contributed by atoms with E-state index in [1.54, 1.807) is 24.3 Å². The van der Waals surface area contributed by atoms with Crippen molar-refractivity contribution in [3.8, 4) is 0 Å². The number of carbonyl (C=O) groups excluding carboxylic acids is 3. The number of anilines is 1. The average Bonchev–Trinajstić information content (AvgIpc) is 2.81. The summed E-state index contributed by atoms with van der Waals surface area (Å²) in [7, 11) is 0. The van der Waals surface area contributed by atoms with E-state index in [1.165, 1.54) is 6.42 Å². The Labute approximate surface area is 214 Å². The molecule has 1 heterocycles. The number of rotatable bonds is 7. The topological polar surface area (TPSA) is 81.8 Å². The maximum atomic E-state index is 13.0. The van der Waals surface area contributed by atoms with Gasteiger partial charge in [-0.1, -0.05) is 39.0 Å². The van der Waals surface area contributed by atoms with Crippen LogP contribution >= 0.6 is 0 Å². The van der Waals surface area contributed by atoms with Crippen LogP contribution in [0, 0.1) is 5.41 Å². The third kappa shape index (κ3) is 7.17. The van der Waals surface area contributed by atoms with E-state index in [-0.39, 0.29) is 29.2 Å². The van der Waals surface area contributed by atoms with Crippen LogP contribution in [0.1, 0.15) is 72.7 Å². The Bertz CT molecular complexity index is 1080. The smallest absolute Gasteiger partial charge is 0.319 e. The number of carbonyl (C=O) groups is 3. The zero-order valence-corrected chi connectivity index (χ0v) is 21.7. The lowest BCUT2D eigenvalue weighted by Gasteiger charge is -2.35. The number of piperazine rings is 1. The molecule has 2 aromatic rings. The van der Waals surface area contributed by atoms with Crippen molar-refractivity contribution in [1.82, 2.24) is 15.1 Å². The average molecular weight is 491 g/mol. The second-order valence-corrected chi connectivity index (χ2v) is 11.2. The van der Waals surface area contributed by atoms with Crippen LogP contribution in [-0.4, -0.2) is 59.7 Å². The van der Waals surface area contributed by atoms with Gasteiger partial charge in [-0.15, -0.1) is 0 Å². The van der Waals surface area contributed by atoms with Crippen LogP contribution in [0.2, 0.25) is 0 Å². The second kappa shape index (κ2) is 11.2. The van der Waals surface area contributed by atoms with Crippen LogP contribution in [0.15, 0.2) is 48.5 Å². The zero-order chi connectivity index (χ0) is 25.7. The van der Waals surface area contributed by atoms with E-state index in [9.17, 15) is 14.4 Å². The highest BCUT2D eigenvalue weighted by atomic mass is 16.2. The van der Waals surface area contributed by atoms with Crippen LogP contribution in [-0.2, 0) is 6.54 Å². The number of urea groups is 1. The third-order valence-corrected chi connectivity index (χ3v) is 6.84. The fourth-order valence-electron chi connectivity index (χ4n) is 4.58. The molecule has 1 saturated carbocycles. The Hall–Kier alpha value is -3.19. The zero-order valence-electron chi connectivity index (χ0n) is 21.7. The summed E-state index contributed by atoms with van der Waals surface area (Å²) in [5.74, 6) is 0.190. The highest BCUT2D eigenvalue weighted by molar-refractivity contribution is 5.97. The van der Waals surface area contributed by atoms with Crippen molar-refractivity contribution in [2.75, 3.05) is 31.5 Å². The molecule has 3 amide bonds. The van der Waals surface area contributed by atoms with Gasteiger partial charge < -0.3 is 15.5 Å². The molecule has 2 N–H and O–H groups in total. The normalized spacial score (nSPS) is 16.8. The molecule has 0 spiro atoms. The van der Waals surface area contributed by atoms with Crippen LogP contribution in [0.3, 0.4) is 0 Å². The summed E-state index contributed by atoms with van der Waals surface area (Å²) in [5, 5.41) is 5.78. The number of Topliss-reactive ketones (excluding diaryl/α,β-unsaturated/α-hetero) is 1. The number of hydrogen-bond acceptors (Lipinski definition) is 4. The van der Waals surface area contributed by atoms with Crippen LogP contribution in [0.5, 0.6) is 0 Å². The van der Waals surface area contributed by atoms with E-state index >= 15 is 0 Å². The summed E-state index contributed by atoms with van der Waals surface area (Å²) in [5.41, 5.74) is 3.17. The molecular formula is C29H38N4O3. The van der Waals surface area contributed by atoms with Gasteiger partial charge in [-0.2, -0.15) is 0 Å². The summed E-state index contributed by atoms with van der Waals surface area (Å²) in [6, 6.07) is 15.1. The molecule has 0 aromatic heterocycles. The van der Waals surface area contributed by atoms with Gasteiger partial charge in [-0.3, -0.25) is 14.5 Å². The minimum Gasteiger partial charge on any atom is -0.336 e. The summed E-state index contributed by atoms with van der Waals surface area (Å²) in [4.78, 5) is 41.8. The molecule has 0 radical (unpaired) electrons. The molecule has 0 bridgehead atoms. The summed E-state index contributed by atoms with van der Waals surface area (Å²) < 4.78 is 0. The molecule has 1 aliphatic heterocycles. The molecular weight excluding hydrogens is 452 g/mol. The number of nitrogens with one attached hydrogen (secondary N) is 2. The maximum Gasteiger partial charge on any atom is 0.319 e. The van der Waals surface area contributed by atoms with Crippen LogP contribution < -0.4 is 10.6 Å². The minimum absolute atomic E-state index is 0.00916. The highest BCUT2D eigenvalue weighted by Gasteiger charge is 2.23. The fourth-order valence-corrected chi connectivity index (χ4v) is 4.58. The Balaban J connectivity index is 1.25. The first-order valence-corrected chi connectivity index (χ1v) is 13.0. The molecule has 0 unspecified atom stereocenters. The van der Waals surface area contributed by atoms with Gasteiger partial charge in [0.1, 0.15) is 0 Å². The first kappa shape index (κ1) is 25.9. The fraction of sp³-hybridized carbons (Fsp3) is 0.483. The predicted molar refractivity (Wildman–Crippen MR) is 142 cm³/mol. The number of hydrogen-bond donors (Lipinski definition) is 2. The van der Waals surface area contributed by atoms with Gasteiger partial charge >= 0.3 is 6.03 Å². The molecule has 0 atom stereocenters. The first-order valence-electron chi connectivity index (χ1n) is 13.0. The molecule has 7 nitrogen and oxygen atoms in total. The van der Waals surface area contributed by atoms with Crippen molar-refractivity contribution in [3.63, 3.8) is 0 Å². The second-order valence-electron chi connectivity index (χ2n) is 11.2. The largest absolute Gasteiger partial charge is 0.336 e. The van der Waals surface area contributed by atoms with Gasteiger partial charge in [0, 0.05) is 62.0 Å². The molecule has 1 saturated heterocycles. The quantitative estimate of drug-likeness (QED) is 0.539. The van der Waals surface area contributed by atoms with E-state index < -0.39 is 0 Å². The molecule has 7 heteroatoms. The lowest BCUT2D eigenvalue weighted by molar-refractivity contribution is 0.0628. The van der Waals surface area contributed by atoms with Crippen LogP contribution in [0.25, 0.3) is 0 Å². The van der Waals surface area contributed by atoms with Gasteiger partial charge in [0.25, 0.3) is 5.91 Å². The minimum atomic E-state index is -0.195. The SMILES string of the molecule is CC(C)(C)CC(=O)c1cccc(CN2CCN(C(=O)c3ccc(NC(=O)NC4CCC4)cc3)CC2)c1. The Morgan fingerprint density at radius 2 is 1.61 bits per heavy atom. The molecule has 1 aliphatic carbocycles. The number of ketones is 1. The number of amides is 3. The monoisotopic (exact) mass is 490 g/mol. The van der Waals surface area contributed by atoms with Crippen molar-refractivity contribution in [2.24, 2.45) is 5.41 Å². The van der Waals surface area contributed by atoms with Gasteiger partial charge in [0.15, 0.2) is 5.78 Å². The molecule has 36 heavy (non-hydrogen) atoms. The van der Waals surface area contributed by atoms with E-state index in [0.717, 1.165) is 43.6 Å². The van der Waals surface area contributed by atoms with Crippen molar-refractivity contribution in [3.05, 3.63) is 65.2 Å². The van der Waals surface area contributed by atoms with E-state index in [2.05, 4.69) is 42.4 Å². The van der Waals surface area contributed by atoms with Crippen molar-refractivity contribution < 1.29 is 14.4 Å². The predicted octanol–water partition coefficient (Wildman–Crippen LogP) is 4.94. The van der Waals surface area contributed by atoms with Gasteiger partial charge in [0.05, 0.1) is 0 Å². The molecule has 4 rings (SSSR count). The molecule has 2 aromatic carbocycles. The van der Waals surface area contributed by atoms with Crippen molar-refractivity contribution in [2.45, 2.75) is 59.0 Å². The Morgan fingerprint density at radius 1 is 0.917 bits per heavy atom. The lowest BCUT2D eigenvalue weighted by atomic mass is 9.87. The summed E-state index contributed by atoms with van der Waals surface area (Å²) in [6.07, 6.45) is 3.78. The number of nitrogens with zero attached hydrogens (tertiary/aromatic N) is 2. The lowest BCUT2D eigenvalue weighted by Crippen LogP contribution is -2.48. The van der Waals surface area contributed by atoms with Crippen LogP contribution in [0.4, 0.5) is 10.5 Å². The Kier molecular flexibility index (Phi) is 8.09. The Morgan fingerprint density at radius 3 is 2.22 bits per heavy atom. The molecule has 192 valence electrons. The van der Waals surface area contributed by atoms with E-state index in [1.807, 2.05) is 23.1 Å². The summed E-state index contributed by atoms with van der Waals surface area (Å²) >= 11 is 0.